The lowest BCUT2D eigenvalue weighted by atomic mass is 9.99. The van der Waals surface area contributed by atoms with Gasteiger partial charge < -0.3 is 29.4 Å². The predicted octanol–water partition coefficient (Wildman–Crippen LogP) is 4.20. The zero-order chi connectivity index (χ0) is 28.5. The fourth-order valence-corrected chi connectivity index (χ4v) is 2.56. The zero-order valence-corrected chi connectivity index (χ0v) is 23.3. The number of benzene rings is 1. The first kappa shape index (κ1) is 31.9. The molecule has 0 aliphatic rings. The topological polar surface area (TPSA) is 140 Å². The second-order valence-corrected chi connectivity index (χ2v) is 10.8. The van der Waals surface area contributed by atoms with Crippen molar-refractivity contribution in [1.29, 1.82) is 0 Å². The monoisotopic (exact) mass is 523 g/mol. The van der Waals surface area contributed by atoms with Crippen molar-refractivity contribution in [1.82, 2.24) is 0 Å². The highest BCUT2D eigenvalue weighted by atomic mass is 16.7. The van der Waals surface area contributed by atoms with Gasteiger partial charge in [-0.3, -0.25) is 14.4 Å². The molecule has 0 aromatic heterocycles. The summed E-state index contributed by atoms with van der Waals surface area (Å²) < 4.78 is 26.4. The summed E-state index contributed by atoms with van der Waals surface area (Å²) in [5.74, 6) is -2.35. The van der Waals surface area contributed by atoms with Crippen molar-refractivity contribution in [3.8, 4) is 11.5 Å². The zero-order valence-electron chi connectivity index (χ0n) is 23.3. The number of carbonyl (C=O) groups excluding carboxylic acids is 4. The van der Waals surface area contributed by atoms with Gasteiger partial charge in [0.1, 0.15) is 18.2 Å². The number of hydrogen-bond acceptors (Lipinski definition) is 10. The van der Waals surface area contributed by atoms with Gasteiger partial charge in [0.2, 0.25) is 0 Å². The molecule has 0 bridgehead atoms. The first-order valence-corrected chi connectivity index (χ1v) is 12.4. The molecule has 0 aliphatic carbocycles. The van der Waals surface area contributed by atoms with Crippen molar-refractivity contribution >= 4 is 24.1 Å². The molecular weight excluding hydrogens is 482 g/mol. The van der Waals surface area contributed by atoms with E-state index < -0.39 is 48.2 Å². The molecule has 208 valence electrons. The molecular formula is C27H41NO9. The van der Waals surface area contributed by atoms with Gasteiger partial charge in [0.15, 0.2) is 11.5 Å². The largest absolute Gasteiger partial charge is 0.508 e. The number of rotatable bonds is 11. The smallest absolute Gasteiger partial charge is 0.458 e. The Labute approximate surface area is 219 Å². The summed E-state index contributed by atoms with van der Waals surface area (Å²) in [6.07, 6.45) is -2.34. The Balaban J connectivity index is 2.84. The van der Waals surface area contributed by atoms with E-state index in [1.807, 2.05) is 20.8 Å². The Morgan fingerprint density at radius 1 is 0.784 bits per heavy atom. The minimum atomic E-state index is -1.06. The molecule has 1 unspecified atom stereocenters. The molecule has 0 fully saturated rings. The van der Waals surface area contributed by atoms with E-state index in [2.05, 4.69) is 0 Å². The molecule has 2 N–H and O–H groups in total. The highest BCUT2D eigenvalue weighted by Crippen LogP contribution is 2.30. The molecule has 1 rings (SSSR count). The van der Waals surface area contributed by atoms with Crippen LogP contribution in [-0.4, -0.2) is 48.9 Å². The van der Waals surface area contributed by atoms with Crippen LogP contribution in [0.1, 0.15) is 67.9 Å². The van der Waals surface area contributed by atoms with E-state index in [9.17, 15) is 19.2 Å². The standard InChI is InChI=1S/C27H41NO9/c1-15(2)23(29)36-21-11-10-19(13-22(21)37-24(30)16(3)4)12-20(28)25(31)34-17(5)18(6)35-26(32)33-14-27(7,8)9/h10-11,13,15-18,20H,12,14,28H2,1-9H3/t17-,18?,20-/m0/s1. The average molecular weight is 524 g/mol. The molecule has 0 saturated heterocycles. The van der Waals surface area contributed by atoms with Gasteiger partial charge >= 0.3 is 24.1 Å². The Morgan fingerprint density at radius 2 is 1.30 bits per heavy atom. The van der Waals surface area contributed by atoms with E-state index in [4.69, 9.17) is 29.4 Å². The quantitative estimate of drug-likeness (QED) is 0.331. The Morgan fingerprint density at radius 3 is 1.81 bits per heavy atom. The lowest BCUT2D eigenvalue weighted by Gasteiger charge is -2.23. The maximum atomic E-state index is 12.6. The van der Waals surface area contributed by atoms with E-state index in [1.54, 1.807) is 47.6 Å². The number of nitrogens with two attached hydrogens (primary N) is 1. The minimum absolute atomic E-state index is 0.0509. The summed E-state index contributed by atoms with van der Waals surface area (Å²) in [6.45, 7) is 15.8. The molecule has 37 heavy (non-hydrogen) atoms. The molecule has 0 radical (unpaired) electrons. The lowest BCUT2D eigenvalue weighted by molar-refractivity contribution is -0.155. The molecule has 0 saturated carbocycles. The molecule has 1 aromatic carbocycles. The van der Waals surface area contributed by atoms with Gasteiger partial charge in [-0.15, -0.1) is 0 Å². The molecule has 0 heterocycles. The second-order valence-electron chi connectivity index (χ2n) is 10.8. The van der Waals surface area contributed by atoms with Crippen molar-refractivity contribution < 1.29 is 42.9 Å². The van der Waals surface area contributed by atoms with Crippen LogP contribution in [0.15, 0.2) is 18.2 Å². The molecule has 3 atom stereocenters. The molecule has 0 spiro atoms. The summed E-state index contributed by atoms with van der Waals surface area (Å²) in [5, 5.41) is 0. The molecule has 0 aliphatic heterocycles. The second kappa shape index (κ2) is 14.0. The van der Waals surface area contributed by atoms with Crippen molar-refractivity contribution in [2.45, 2.75) is 87.0 Å². The fraction of sp³-hybridized carbons (Fsp3) is 0.630. The highest BCUT2D eigenvalue weighted by Gasteiger charge is 2.26. The molecule has 0 amide bonds. The predicted molar refractivity (Wildman–Crippen MR) is 136 cm³/mol. The van der Waals surface area contributed by atoms with E-state index in [1.165, 1.54) is 12.1 Å². The number of hydrogen-bond donors (Lipinski definition) is 1. The summed E-state index contributed by atoms with van der Waals surface area (Å²) >= 11 is 0. The van der Waals surface area contributed by atoms with Crippen molar-refractivity contribution in [2.75, 3.05) is 6.61 Å². The van der Waals surface area contributed by atoms with Crippen LogP contribution in [-0.2, 0) is 35.0 Å². The summed E-state index contributed by atoms with van der Waals surface area (Å²) in [5.41, 5.74) is 6.40. The van der Waals surface area contributed by atoms with Crippen molar-refractivity contribution in [3.05, 3.63) is 23.8 Å². The van der Waals surface area contributed by atoms with Crippen LogP contribution in [0.4, 0.5) is 4.79 Å². The van der Waals surface area contributed by atoms with Crippen LogP contribution in [0.25, 0.3) is 0 Å². The highest BCUT2D eigenvalue weighted by molar-refractivity contribution is 5.78. The van der Waals surface area contributed by atoms with E-state index >= 15 is 0 Å². The van der Waals surface area contributed by atoms with Crippen LogP contribution in [0.5, 0.6) is 11.5 Å². The van der Waals surface area contributed by atoms with E-state index in [0.717, 1.165) is 0 Å². The van der Waals surface area contributed by atoms with Crippen molar-refractivity contribution in [2.24, 2.45) is 23.0 Å². The van der Waals surface area contributed by atoms with Crippen LogP contribution in [0.2, 0.25) is 0 Å². The first-order valence-electron chi connectivity index (χ1n) is 12.4. The third-order valence-corrected chi connectivity index (χ3v) is 5.00. The van der Waals surface area contributed by atoms with Crippen LogP contribution in [0, 0.1) is 17.3 Å². The first-order chi connectivity index (χ1) is 17.0. The SMILES string of the molecule is CC(C)C(=O)Oc1ccc(C[C@H](N)C(=O)O[C@@H](C)C(C)OC(=O)OCC(C)(C)C)cc1OC(=O)C(C)C. The number of ether oxygens (including phenoxy) is 5. The van der Waals surface area contributed by atoms with Gasteiger partial charge in [0.25, 0.3) is 0 Å². The van der Waals surface area contributed by atoms with Crippen LogP contribution in [0.3, 0.4) is 0 Å². The van der Waals surface area contributed by atoms with Gasteiger partial charge in [0.05, 0.1) is 18.4 Å². The minimum Gasteiger partial charge on any atom is -0.458 e. The van der Waals surface area contributed by atoms with E-state index in [0.29, 0.717) is 5.56 Å². The average Bonchev–Trinajstić information content (AvgIpc) is 2.78. The summed E-state index contributed by atoms with van der Waals surface area (Å²) in [7, 11) is 0. The third kappa shape index (κ3) is 11.6. The molecule has 10 nitrogen and oxygen atoms in total. The lowest BCUT2D eigenvalue weighted by Crippen LogP contribution is -2.39. The van der Waals surface area contributed by atoms with E-state index in [-0.39, 0.29) is 35.9 Å². The van der Waals surface area contributed by atoms with Gasteiger partial charge in [-0.2, -0.15) is 0 Å². The Kier molecular flexibility index (Phi) is 12.0. The van der Waals surface area contributed by atoms with Gasteiger partial charge in [-0.25, -0.2) is 4.79 Å². The normalized spacial score (nSPS) is 13.9. The summed E-state index contributed by atoms with van der Waals surface area (Å²) in [4.78, 5) is 48.7. The Bertz CT molecular complexity index is 950. The third-order valence-electron chi connectivity index (χ3n) is 5.00. The maximum Gasteiger partial charge on any atom is 0.508 e. The summed E-state index contributed by atoms with van der Waals surface area (Å²) in [6, 6.07) is 3.54. The number of carbonyl (C=O) groups is 4. The van der Waals surface area contributed by atoms with Gasteiger partial charge in [0, 0.05) is 0 Å². The van der Waals surface area contributed by atoms with Crippen LogP contribution < -0.4 is 15.2 Å². The fourth-order valence-electron chi connectivity index (χ4n) is 2.56. The molecule has 1 aromatic rings. The van der Waals surface area contributed by atoms with Gasteiger partial charge in [-0.05, 0) is 43.4 Å². The van der Waals surface area contributed by atoms with Gasteiger partial charge in [-0.1, -0.05) is 54.5 Å². The van der Waals surface area contributed by atoms with Crippen LogP contribution >= 0.6 is 0 Å². The Hall–Kier alpha value is -3.14. The van der Waals surface area contributed by atoms with Crippen molar-refractivity contribution in [3.63, 3.8) is 0 Å². The molecule has 10 heteroatoms. The number of esters is 3. The maximum absolute atomic E-state index is 12.6.